The van der Waals surface area contributed by atoms with Gasteiger partial charge in [-0.3, -0.25) is 0 Å². The molecular weight excluding hydrogens is 713 g/mol. The molecule has 0 N–H and O–H groups in total. The van der Waals surface area contributed by atoms with Gasteiger partial charge in [0.25, 0.3) is 0 Å². The van der Waals surface area contributed by atoms with Gasteiger partial charge in [0, 0.05) is 11.8 Å². The number of hydrogen-bond acceptors (Lipinski definition) is 1. The van der Waals surface area contributed by atoms with Crippen LogP contribution in [0.1, 0.15) is 34.4 Å². The fraction of sp³-hybridized carbons (Fsp3) is 0.0638. The topological polar surface area (TPSA) is 23.1 Å². The smallest absolute Gasteiger partial charge is 0.872 e. The fourth-order valence-corrected chi connectivity index (χ4v) is 13.9. The Balaban J connectivity index is 0.00000235. The van der Waals surface area contributed by atoms with E-state index in [4.69, 9.17) is 0 Å². The molecule has 1 saturated carbocycles. The van der Waals surface area contributed by atoms with Gasteiger partial charge >= 0.3 is 68.9 Å². The summed E-state index contributed by atoms with van der Waals surface area (Å²) in [6.07, 6.45) is 0. The van der Waals surface area contributed by atoms with Crippen LogP contribution in [0.15, 0.2) is 72.8 Å². The summed E-state index contributed by atoms with van der Waals surface area (Å²) >= 11 is 0. The molecule has 2 unspecified atom stereocenters. The van der Waals surface area contributed by atoms with Crippen molar-refractivity contribution in [1.82, 2.24) is 0 Å². The third-order valence-electron chi connectivity index (χ3n) is 15.0. The number of rotatable bonds is 1. The summed E-state index contributed by atoms with van der Waals surface area (Å²) in [5.41, 5.74) is 4.53. The molecule has 49 heavy (non-hydrogen) atoms. The molecule has 1 fully saturated rings. The molecule has 2 aliphatic carbocycles. The van der Waals surface area contributed by atoms with Crippen LogP contribution in [0.25, 0.3) is 151 Å². The minimum absolute atomic E-state index is 0. The molecule has 210 valence electrons. The van der Waals surface area contributed by atoms with E-state index in [1.54, 1.807) is 87.9 Å². The number of benzene rings is 10. The first-order valence-electron chi connectivity index (χ1n) is 17.5. The van der Waals surface area contributed by atoms with E-state index in [2.05, 4.69) is 60.7 Å². The van der Waals surface area contributed by atoms with Gasteiger partial charge in [-0.1, -0.05) is 72.8 Å². The normalized spacial score (nSPS) is 20.4. The molecule has 1 nitrogen and oxygen atoms in total. The van der Waals surface area contributed by atoms with Crippen LogP contribution >= 0.6 is 0 Å². The predicted octanol–water partition coefficient (Wildman–Crippen LogP) is 9.14. The monoisotopic (exact) mass is 728 g/mol. The van der Waals surface area contributed by atoms with E-state index in [1.807, 2.05) is 0 Å². The molecular formula is C47H15CsO. The molecule has 18 rings (SSSR count). The van der Waals surface area contributed by atoms with Crippen molar-refractivity contribution in [1.29, 1.82) is 0 Å². The minimum Gasteiger partial charge on any atom is -0.872 e. The van der Waals surface area contributed by atoms with Gasteiger partial charge in [0.15, 0.2) is 0 Å². The van der Waals surface area contributed by atoms with Crippen molar-refractivity contribution in [3.63, 3.8) is 0 Å². The largest absolute Gasteiger partial charge is 1.00 e. The van der Waals surface area contributed by atoms with Crippen molar-refractivity contribution in [3.8, 4) is 5.75 Å². The van der Waals surface area contributed by atoms with Crippen LogP contribution in [-0.4, -0.2) is 0 Å². The number of hydrogen-bond donors (Lipinski definition) is 0. The van der Waals surface area contributed by atoms with Gasteiger partial charge in [0.1, 0.15) is 0 Å². The van der Waals surface area contributed by atoms with Crippen molar-refractivity contribution in [2.75, 3.05) is 0 Å². The molecule has 0 aromatic heterocycles. The maximum absolute atomic E-state index is 12.3. The standard InChI is InChI=1S/C47H16O.Cs/c48-14-3-1-13(2-4-14)23-34-32-21-11-9-19-17-7-5-15-16-6-8-18-20-10-12-22-31-29(20)38-27(18)25(16)36-24(15)26(17)37-28(19)30(21)39-41(32)42(33(22)35(23)34)40(31)47-45(38)43(36)44(37)46(39)47;/h1-12,23,34-35,48H;/q;+1/p-1. The Labute approximate surface area is 333 Å². The van der Waals surface area contributed by atoms with E-state index in [1.165, 1.54) is 91.7 Å². The maximum Gasteiger partial charge on any atom is 1.00 e. The molecule has 0 bridgehead atoms. The average molecular weight is 729 g/mol. The molecule has 16 aromatic rings. The van der Waals surface area contributed by atoms with Crippen molar-refractivity contribution < 1.29 is 74.0 Å². The van der Waals surface area contributed by atoms with Crippen molar-refractivity contribution >= 4 is 151 Å². The molecule has 0 radical (unpaired) electrons. The molecule has 0 saturated heterocycles. The predicted molar refractivity (Wildman–Crippen MR) is 200 cm³/mol. The molecule has 0 aliphatic heterocycles. The second-order valence-corrected chi connectivity index (χ2v) is 16.1. The van der Waals surface area contributed by atoms with Crippen LogP contribution in [0.5, 0.6) is 5.75 Å². The van der Waals surface area contributed by atoms with Crippen molar-refractivity contribution in [2.45, 2.75) is 17.8 Å². The summed E-state index contributed by atoms with van der Waals surface area (Å²) in [5, 5.41) is 54.8. The summed E-state index contributed by atoms with van der Waals surface area (Å²) in [4.78, 5) is 0. The van der Waals surface area contributed by atoms with Gasteiger partial charge in [-0.05, 0) is 173 Å². The zero-order chi connectivity index (χ0) is 29.7. The van der Waals surface area contributed by atoms with Gasteiger partial charge in [-0.15, -0.1) is 5.75 Å². The van der Waals surface area contributed by atoms with E-state index in [0.717, 1.165) is 0 Å². The van der Waals surface area contributed by atoms with Gasteiger partial charge in [-0.25, -0.2) is 0 Å². The molecule has 2 atom stereocenters. The van der Waals surface area contributed by atoms with Crippen LogP contribution in [0.4, 0.5) is 0 Å². The molecule has 2 heteroatoms. The first kappa shape index (κ1) is 23.5. The fourth-order valence-electron chi connectivity index (χ4n) is 13.9. The second kappa shape index (κ2) is 6.41. The average Bonchev–Trinajstić information content (AvgIpc) is 3.62. The van der Waals surface area contributed by atoms with E-state index in [0.29, 0.717) is 17.8 Å². The van der Waals surface area contributed by atoms with Crippen LogP contribution in [0.3, 0.4) is 0 Å². The summed E-state index contributed by atoms with van der Waals surface area (Å²) in [6, 6.07) is 27.6. The molecule has 0 spiro atoms. The minimum atomic E-state index is 0. The Morgan fingerprint density at radius 2 is 0.531 bits per heavy atom. The van der Waals surface area contributed by atoms with Crippen molar-refractivity contribution in [3.05, 3.63) is 89.5 Å². The summed E-state index contributed by atoms with van der Waals surface area (Å²) < 4.78 is 0. The SMILES string of the molecule is [Cs+].[O-]c1ccc(C2C3c4c5ccc6c7ccc8c9ccc%10c%11ccc%12c(c%13c4c4c5c6c5c7c8c6c9c%10c7c%11c%12c%13c8c4c5c6c78)C23)cc1. The van der Waals surface area contributed by atoms with Gasteiger partial charge in [-0.2, -0.15) is 0 Å². The van der Waals surface area contributed by atoms with Crippen molar-refractivity contribution in [2.24, 2.45) is 0 Å². The Hall–Kier alpha value is -3.87. The Morgan fingerprint density at radius 1 is 0.265 bits per heavy atom. The van der Waals surface area contributed by atoms with Crippen LogP contribution in [0.2, 0.25) is 0 Å². The molecule has 2 aliphatic rings. The van der Waals surface area contributed by atoms with Gasteiger partial charge in [0.05, 0.1) is 0 Å². The van der Waals surface area contributed by atoms with E-state index >= 15 is 0 Å². The zero-order valence-corrected chi connectivity index (χ0v) is 32.3. The summed E-state index contributed by atoms with van der Waals surface area (Å²) in [7, 11) is 0. The molecule has 16 aromatic carbocycles. The first-order chi connectivity index (χ1) is 23.8. The summed E-state index contributed by atoms with van der Waals surface area (Å²) in [5.74, 6) is 1.37. The zero-order valence-electron chi connectivity index (χ0n) is 26.1. The first-order valence-corrected chi connectivity index (χ1v) is 17.5. The van der Waals surface area contributed by atoms with Crippen LogP contribution in [-0.2, 0) is 0 Å². The van der Waals surface area contributed by atoms with E-state index in [9.17, 15) is 5.11 Å². The van der Waals surface area contributed by atoms with E-state index in [-0.39, 0.29) is 74.6 Å². The Bertz CT molecular complexity index is 3840. The van der Waals surface area contributed by atoms with E-state index < -0.39 is 0 Å². The molecule has 0 amide bonds. The van der Waals surface area contributed by atoms with Crippen LogP contribution < -0.4 is 74.0 Å². The Morgan fingerprint density at radius 3 is 0.878 bits per heavy atom. The Kier molecular flexibility index (Phi) is 3.08. The number of fused-ring (bicyclic) bond motifs is 8. The summed E-state index contributed by atoms with van der Waals surface area (Å²) in [6.45, 7) is 0. The van der Waals surface area contributed by atoms with Gasteiger partial charge < -0.3 is 5.11 Å². The second-order valence-electron chi connectivity index (χ2n) is 16.1. The maximum atomic E-state index is 12.3. The van der Waals surface area contributed by atoms with Crippen LogP contribution in [0, 0.1) is 0 Å². The quantitative estimate of drug-likeness (QED) is 0.155. The molecule has 0 heterocycles. The third kappa shape index (κ3) is 1.81. The van der Waals surface area contributed by atoms with Gasteiger partial charge in [0.2, 0.25) is 0 Å². The third-order valence-corrected chi connectivity index (χ3v) is 15.0.